The van der Waals surface area contributed by atoms with Gasteiger partial charge in [-0.25, -0.2) is 9.97 Å². The summed E-state index contributed by atoms with van der Waals surface area (Å²) in [5.41, 5.74) is 25.3. The highest BCUT2D eigenvalue weighted by atomic mass is 19.4. The molecule has 13 aromatic rings. The SMILES string of the molecule is CCOc1nc(N)c(C#Cc2cc(C(=O)Nc3ccc(CN4CCN(C)CC4)c(C(F)(F)F)c3)ccc2C)c2ccccc12.COc1cc2c(C#Cc3cc(C(=O)Nc4ccc(CN5CCN(C)CC5)c(C(F)(F)F)c4)ccc3C)c(N)ncc2c(OC)c1OC.Cc1ccc(C(=O)Nc2ccc(CN3CCN(C)CC3)c(C(F)(F)F)c2)cc1C#Cc1c(N)ncc2c(-c3ccn(C)n3)cccc12. The summed E-state index contributed by atoms with van der Waals surface area (Å²) in [7, 11) is 12.4. The lowest BCUT2D eigenvalue weighted by Gasteiger charge is -2.33. The zero-order valence-electron chi connectivity index (χ0n) is 78.0. The number of likely N-dealkylation sites (N-methyl/N-ethyl adjacent to an activating group) is 3. The third-order valence-corrected chi connectivity index (χ3v) is 24.3. The number of hydrogen-bond donors (Lipinski definition) is 6. The second-order valence-electron chi connectivity index (χ2n) is 34.0. The Morgan fingerprint density at radius 1 is 0.406 bits per heavy atom. The maximum Gasteiger partial charge on any atom is 0.416 e. The van der Waals surface area contributed by atoms with Gasteiger partial charge in [-0.15, -0.1) is 0 Å². The number of aryl methyl sites for hydroxylation is 4. The first-order valence-corrected chi connectivity index (χ1v) is 44.4. The van der Waals surface area contributed by atoms with Crippen LogP contribution in [0.4, 0.5) is 74.0 Å². The van der Waals surface area contributed by atoms with E-state index in [4.69, 9.17) is 36.1 Å². The molecule has 0 unspecified atom stereocenters. The first kappa shape index (κ1) is 99.2. The Labute approximate surface area is 793 Å². The number of hydrogen-bond acceptors (Lipinski definition) is 20. The van der Waals surface area contributed by atoms with Gasteiger partial charge >= 0.3 is 18.5 Å². The normalized spacial score (nSPS) is 14.1. The van der Waals surface area contributed by atoms with Crippen molar-refractivity contribution in [3.8, 4) is 69.9 Å². The predicted octanol–water partition coefficient (Wildman–Crippen LogP) is 17.5. The zero-order chi connectivity index (χ0) is 98.6. The van der Waals surface area contributed by atoms with Gasteiger partial charge < -0.3 is 66.8 Å². The van der Waals surface area contributed by atoms with Crippen LogP contribution < -0.4 is 52.1 Å². The molecule has 3 aliphatic rings. The van der Waals surface area contributed by atoms with Gasteiger partial charge in [0.2, 0.25) is 11.6 Å². The van der Waals surface area contributed by atoms with Crippen molar-refractivity contribution in [3.05, 3.63) is 283 Å². The van der Waals surface area contributed by atoms with Crippen LogP contribution in [-0.4, -0.2) is 199 Å². The number of ether oxygens (including phenoxy) is 4. The Morgan fingerprint density at radius 2 is 0.783 bits per heavy atom. The summed E-state index contributed by atoms with van der Waals surface area (Å²) in [5.74, 6) is 19.4. The fourth-order valence-electron chi connectivity index (χ4n) is 16.4. The predicted molar refractivity (Wildman–Crippen MR) is 519 cm³/mol. The molecule has 7 heterocycles. The Bertz CT molecular complexity index is 6960. The van der Waals surface area contributed by atoms with E-state index in [1.54, 1.807) is 77.7 Å². The van der Waals surface area contributed by atoms with E-state index in [1.807, 2.05) is 125 Å². The van der Waals surface area contributed by atoms with E-state index in [-0.39, 0.29) is 87.5 Å². The third kappa shape index (κ3) is 23.8. The van der Waals surface area contributed by atoms with Crippen molar-refractivity contribution >= 4 is 84.6 Å². The van der Waals surface area contributed by atoms with E-state index in [2.05, 4.69) is 86.2 Å². The average molecular weight is 1890 g/mol. The summed E-state index contributed by atoms with van der Waals surface area (Å²) in [6, 6.07) is 43.7. The van der Waals surface area contributed by atoms with Crippen LogP contribution in [-0.2, 0) is 45.2 Å². The molecular weight excluding hydrogens is 1780 g/mol. The average Bonchev–Trinajstić information content (AvgIpc) is 0.842. The van der Waals surface area contributed by atoms with Crippen LogP contribution in [0.1, 0.15) is 121 Å². The summed E-state index contributed by atoms with van der Waals surface area (Å²) in [6.45, 7) is 17.4. The number of carbonyl (C=O) groups excluding carboxylic acids is 3. The number of nitrogens with one attached hydrogen (secondary N) is 3. The number of fused-ring (bicyclic) bond motifs is 3. The number of piperazine rings is 3. The first-order chi connectivity index (χ1) is 65.9. The summed E-state index contributed by atoms with van der Waals surface area (Å²) in [5, 5.41) is 16.9. The lowest BCUT2D eigenvalue weighted by atomic mass is 9.99. The van der Waals surface area contributed by atoms with E-state index in [9.17, 15) is 53.9 Å². The minimum atomic E-state index is -4.58. The van der Waals surface area contributed by atoms with Crippen LogP contribution >= 0.6 is 0 Å². The van der Waals surface area contributed by atoms with Gasteiger partial charge in [0.25, 0.3) is 17.7 Å². The summed E-state index contributed by atoms with van der Waals surface area (Å²) in [6.07, 6.45) is -8.56. The highest BCUT2D eigenvalue weighted by molar-refractivity contribution is 6.07. The minimum Gasteiger partial charge on any atom is -0.493 e. The van der Waals surface area contributed by atoms with Crippen molar-refractivity contribution < 1.29 is 72.8 Å². The van der Waals surface area contributed by atoms with Gasteiger partial charge in [0.1, 0.15) is 17.5 Å². The topological polar surface area (TPSA) is 278 Å². The number of benzene rings is 9. The van der Waals surface area contributed by atoms with Crippen LogP contribution in [0.5, 0.6) is 23.1 Å². The number of halogens is 9. The quantitative estimate of drug-likeness (QED) is 0.0344. The van der Waals surface area contributed by atoms with Gasteiger partial charge in [-0.2, -0.15) is 49.6 Å². The Kier molecular flexibility index (Phi) is 31.0. The van der Waals surface area contributed by atoms with Gasteiger partial charge in [0, 0.05) is 212 Å². The molecule has 0 bridgehead atoms. The highest BCUT2D eigenvalue weighted by Crippen LogP contribution is 2.46. The Balaban J connectivity index is 0.000000165. The smallest absolute Gasteiger partial charge is 0.416 e. The second-order valence-corrected chi connectivity index (χ2v) is 34.0. The van der Waals surface area contributed by atoms with Crippen molar-refractivity contribution in [1.29, 1.82) is 0 Å². The molecule has 0 atom stereocenters. The maximum absolute atomic E-state index is 14.1. The number of amides is 3. The number of anilines is 6. The lowest BCUT2D eigenvalue weighted by molar-refractivity contribution is -0.139. The molecule has 3 saturated heterocycles. The fourth-order valence-corrected chi connectivity index (χ4v) is 16.4. The number of aromatic nitrogens is 5. The lowest BCUT2D eigenvalue weighted by Crippen LogP contribution is -2.44. The van der Waals surface area contributed by atoms with Gasteiger partial charge in [0.05, 0.1) is 67.0 Å². The molecule has 3 fully saturated rings. The number of methoxy groups -OCH3 is 3. The number of pyridine rings is 3. The standard InChI is InChI=1S/C36H34F3N7O.C35H36F3N5O4.C34H34F3N5O2/c1-23-7-8-25(35(47)42-27-11-9-26(32(20-27)36(37,38)39)22-46-17-15-44(2)16-18-46)19-24(23)10-12-30-28-5-4-6-29(31(28)21-41-34(30)40)33-13-14-45(3)43-33;1-21-6-7-23(34(44)41-25-10-8-24(29(17-25)35(36,37)38)20-43-14-12-42(2)13-15-43)16-22(21)9-11-26-27-18-30(45-3)32(47-5)31(46-4)28(27)19-40-33(26)39;1-4-44-33-29-8-6-5-7-27(29)28(31(38)40-33)14-12-23-19-24(10-9-22(23)2)32(43)39-26-13-11-25(30(20-26)34(35,36)37)21-42-17-15-41(3)16-18-42/h4-9,11,13-14,19-21H,15-18,22H2,1-3H3,(H2,40,41)(H,42,47);6-8,10,16-19H,12-15,20H2,1-5H3,(H2,39,40)(H,41,44);5-11,13,19-20H,4,15-18,21H2,1-3H3,(H2,38,40)(H,39,43). The third-order valence-electron chi connectivity index (χ3n) is 24.3. The van der Waals surface area contributed by atoms with Crippen LogP contribution in [0.2, 0.25) is 0 Å². The van der Waals surface area contributed by atoms with Crippen LogP contribution in [0.25, 0.3) is 43.6 Å². The molecule has 0 radical (unpaired) electrons. The molecule has 714 valence electrons. The second kappa shape index (κ2) is 43.1. The number of rotatable bonds is 18. The van der Waals surface area contributed by atoms with Crippen molar-refractivity contribution in [2.45, 2.75) is 65.9 Å². The van der Waals surface area contributed by atoms with Crippen molar-refractivity contribution in [1.82, 2.24) is 54.1 Å². The number of alkyl halides is 9. The number of nitrogen functional groups attached to an aromatic ring is 3. The first-order valence-electron chi connectivity index (χ1n) is 44.4. The van der Waals surface area contributed by atoms with Gasteiger partial charge in [0.15, 0.2) is 11.5 Å². The maximum atomic E-state index is 14.1. The van der Waals surface area contributed by atoms with Crippen LogP contribution in [0.3, 0.4) is 0 Å². The zero-order valence-corrected chi connectivity index (χ0v) is 78.0. The summed E-state index contributed by atoms with van der Waals surface area (Å²) < 4.78 is 151. The molecule has 3 amide bonds. The Hall–Kier alpha value is -14.8. The highest BCUT2D eigenvalue weighted by Gasteiger charge is 2.38. The molecule has 0 aliphatic carbocycles. The van der Waals surface area contributed by atoms with E-state index >= 15 is 0 Å². The van der Waals surface area contributed by atoms with Crippen molar-refractivity contribution in [2.75, 3.05) is 161 Å². The van der Waals surface area contributed by atoms with E-state index in [0.717, 1.165) is 107 Å². The van der Waals surface area contributed by atoms with Gasteiger partial charge in [-0.3, -0.25) is 33.8 Å². The number of carbonyl (C=O) groups is 3. The molecule has 0 saturated carbocycles. The van der Waals surface area contributed by atoms with E-state index in [1.165, 1.54) is 57.7 Å². The molecule has 138 heavy (non-hydrogen) atoms. The molecule has 9 aromatic carbocycles. The number of nitrogens with two attached hydrogens (primary N) is 3. The molecule has 0 spiro atoms. The Morgan fingerprint density at radius 3 is 1.16 bits per heavy atom. The molecule has 33 heteroatoms. The van der Waals surface area contributed by atoms with Crippen molar-refractivity contribution in [3.63, 3.8) is 0 Å². The summed E-state index contributed by atoms with van der Waals surface area (Å²) in [4.78, 5) is 65.2. The van der Waals surface area contributed by atoms with Gasteiger partial charge in [-0.1, -0.05) is 108 Å². The van der Waals surface area contributed by atoms with Crippen LogP contribution in [0.15, 0.2) is 182 Å². The summed E-state index contributed by atoms with van der Waals surface area (Å²) >= 11 is 0. The number of nitrogens with zero attached hydrogens (tertiary/aromatic N) is 11. The largest absolute Gasteiger partial charge is 0.493 e. The monoisotopic (exact) mass is 1890 g/mol. The molecular formula is C105H104F9N17O7. The van der Waals surface area contributed by atoms with Crippen LogP contribution in [0, 0.1) is 56.3 Å². The van der Waals surface area contributed by atoms with Gasteiger partial charge in [-0.05, 0) is 173 Å². The molecule has 24 nitrogen and oxygen atoms in total. The molecule has 16 rings (SSSR count). The molecule has 4 aromatic heterocycles. The minimum absolute atomic E-state index is 0.0468. The molecule has 3 aliphatic heterocycles. The molecule has 9 N–H and O–H groups in total. The van der Waals surface area contributed by atoms with E-state index in [0.29, 0.717) is 113 Å². The van der Waals surface area contributed by atoms with E-state index < -0.39 is 52.9 Å². The fraction of sp³-hybridized carbons (Fsp3) is 0.286. The van der Waals surface area contributed by atoms with Crippen molar-refractivity contribution in [2.24, 2.45) is 7.05 Å².